The molecule has 0 aromatic heterocycles. The number of carbonyl (C=O) groups excluding carboxylic acids is 1. The Labute approximate surface area is 156 Å². The Morgan fingerprint density at radius 2 is 2.00 bits per heavy atom. The molecule has 0 unspecified atom stereocenters. The summed E-state index contributed by atoms with van der Waals surface area (Å²) < 4.78 is 6.77. The summed E-state index contributed by atoms with van der Waals surface area (Å²) in [6.07, 6.45) is 1.73. The lowest BCUT2D eigenvalue weighted by molar-refractivity contribution is -0.115. The standard InChI is InChI=1S/C17H12BrClN2O2S/c18-12-3-6-14(23-9-10-1-4-13(19)5-2-10)11(7-12)8-15-16(22)21-17(20)24-15/h1-8H,9H2,(H2,20,21,22). The van der Waals surface area contributed by atoms with Gasteiger partial charge in [0.25, 0.3) is 5.91 Å². The molecular formula is C17H12BrClN2O2S. The Kier molecular flexibility index (Phi) is 5.28. The molecule has 0 saturated carbocycles. The number of carbonyl (C=O) groups is 1. The molecule has 7 heteroatoms. The maximum atomic E-state index is 11.8. The molecule has 0 spiro atoms. The average Bonchev–Trinajstić information content (AvgIpc) is 2.86. The number of nitrogens with one attached hydrogen (secondary N) is 2. The van der Waals surface area contributed by atoms with E-state index in [0.717, 1.165) is 27.4 Å². The Morgan fingerprint density at radius 1 is 1.25 bits per heavy atom. The molecule has 1 aliphatic heterocycles. The molecule has 2 aromatic rings. The monoisotopic (exact) mass is 422 g/mol. The van der Waals surface area contributed by atoms with Crippen molar-refractivity contribution in [3.63, 3.8) is 0 Å². The van der Waals surface area contributed by atoms with E-state index in [0.29, 0.717) is 22.3 Å². The fraction of sp³-hybridized carbons (Fsp3) is 0.0588. The van der Waals surface area contributed by atoms with Gasteiger partial charge in [-0.25, -0.2) is 0 Å². The van der Waals surface area contributed by atoms with Crippen molar-refractivity contribution in [2.75, 3.05) is 0 Å². The molecule has 1 aliphatic rings. The summed E-state index contributed by atoms with van der Waals surface area (Å²) in [4.78, 5) is 12.3. The van der Waals surface area contributed by atoms with Gasteiger partial charge in [-0.15, -0.1) is 0 Å². The molecule has 4 nitrogen and oxygen atoms in total. The first-order valence-electron chi connectivity index (χ1n) is 6.97. The van der Waals surface area contributed by atoms with Crippen molar-refractivity contribution in [1.82, 2.24) is 5.32 Å². The van der Waals surface area contributed by atoms with E-state index in [1.54, 1.807) is 6.08 Å². The average molecular weight is 424 g/mol. The van der Waals surface area contributed by atoms with E-state index >= 15 is 0 Å². The second-order valence-electron chi connectivity index (χ2n) is 4.99. The van der Waals surface area contributed by atoms with Gasteiger partial charge in [-0.3, -0.25) is 10.2 Å². The molecule has 1 amide bonds. The number of benzene rings is 2. The van der Waals surface area contributed by atoms with Crippen molar-refractivity contribution in [2.45, 2.75) is 6.61 Å². The lowest BCUT2D eigenvalue weighted by atomic mass is 10.2. The minimum Gasteiger partial charge on any atom is -0.488 e. The summed E-state index contributed by atoms with van der Waals surface area (Å²) in [7, 11) is 0. The van der Waals surface area contributed by atoms with Crippen LogP contribution in [-0.2, 0) is 11.4 Å². The fourth-order valence-electron chi connectivity index (χ4n) is 2.09. The van der Waals surface area contributed by atoms with Crippen LogP contribution in [-0.4, -0.2) is 11.1 Å². The highest BCUT2D eigenvalue weighted by Crippen LogP contribution is 2.31. The van der Waals surface area contributed by atoms with Crippen LogP contribution in [0.5, 0.6) is 5.75 Å². The van der Waals surface area contributed by atoms with E-state index in [1.807, 2.05) is 42.5 Å². The maximum Gasteiger partial charge on any atom is 0.264 e. The van der Waals surface area contributed by atoms with E-state index in [9.17, 15) is 4.79 Å². The number of hydrogen-bond acceptors (Lipinski definition) is 4. The van der Waals surface area contributed by atoms with E-state index in [2.05, 4.69) is 21.2 Å². The summed E-state index contributed by atoms with van der Waals surface area (Å²) in [6.45, 7) is 0.393. The third-order valence-electron chi connectivity index (χ3n) is 3.23. The number of amides is 1. The third kappa shape index (κ3) is 4.20. The number of thioether (sulfide) groups is 1. The number of ether oxygens (including phenoxy) is 1. The second kappa shape index (κ2) is 7.42. The van der Waals surface area contributed by atoms with Crippen molar-refractivity contribution in [3.05, 3.63) is 68.0 Å². The van der Waals surface area contributed by atoms with Crippen LogP contribution in [0.4, 0.5) is 0 Å². The zero-order valence-electron chi connectivity index (χ0n) is 12.3. The van der Waals surface area contributed by atoms with Crippen molar-refractivity contribution < 1.29 is 9.53 Å². The summed E-state index contributed by atoms with van der Waals surface area (Å²) in [5.41, 5.74) is 1.77. The molecule has 0 atom stereocenters. The Hall–Kier alpha value is -1.76. The summed E-state index contributed by atoms with van der Waals surface area (Å²) in [5.74, 6) is 0.390. The molecule has 0 aliphatic carbocycles. The number of rotatable bonds is 4. The zero-order valence-corrected chi connectivity index (χ0v) is 15.5. The summed E-state index contributed by atoms with van der Waals surface area (Å²) >= 11 is 10.4. The Bertz CT molecular complexity index is 837. The Morgan fingerprint density at radius 3 is 2.67 bits per heavy atom. The number of halogens is 2. The van der Waals surface area contributed by atoms with Gasteiger partial charge in [-0.2, -0.15) is 0 Å². The van der Waals surface area contributed by atoms with Crippen LogP contribution in [0.2, 0.25) is 5.02 Å². The van der Waals surface area contributed by atoms with Gasteiger partial charge in [0.15, 0.2) is 5.17 Å². The zero-order chi connectivity index (χ0) is 17.1. The van der Waals surface area contributed by atoms with Gasteiger partial charge in [0.1, 0.15) is 12.4 Å². The molecule has 3 rings (SSSR count). The molecule has 0 radical (unpaired) electrons. The minimum absolute atomic E-state index is 0.130. The smallest absolute Gasteiger partial charge is 0.264 e. The predicted octanol–water partition coefficient (Wildman–Crippen LogP) is 4.82. The topological polar surface area (TPSA) is 62.2 Å². The molecule has 1 heterocycles. The number of amidine groups is 1. The highest BCUT2D eigenvalue weighted by Gasteiger charge is 2.22. The van der Waals surface area contributed by atoms with E-state index in [4.69, 9.17) is 21.7 Å². The van der Waals surface area contributed by atoms with Crippen LogP contribution in [0, 0.1) is 5.41 Å². The van der Waals surface area contributed by atoms with Gasteiger partial charge < -0.3 is 10.1 Å². The lowest BCUT2D eigenvalue weighted by Crippen LogP contribution is -2.18. The molecule has 2 aromatic carbocycles. The lowest BCUT2D eigenvalue weighted by Gasteiger charge is -2.10. The fourth-order valence-corrected chi connectivity index (χ4v) is 3.29. The quantitative estimate of drug-likeness (QED) is 0.693. The molecule has 24 heavy (non-hydrogen) atoms. The van der Waals surface area contributed by atoms with Crippen molar-refractivity contribution >= 4 is 56.4 Å². The van der Waals surface area contributed by atoms with Gasteiger partial charge in [-0.1, -0.05) is 39.7 Å². The minimum atomic E-state index is -0.270. The van der Waals surface area contributed by atoms with Crippen LogP contribution in [0.3, 0.4) is 0 Å². The summed E-state index contributed by atoms with van der Waals surface area (Å²) in [6, 6.07) is 13.0. The molecular weight excluding hydrogens is 412 g/mol. The van der Waals surface area contributed by atoms with Crippen LogP contribution in [0.25, 0.3) is 6.08 Å². The van der Waals surface area contributed by atoms with E-state index in [-0.39, 0.29) is 11.1 Å². The van der Waals surface area contributed by atoms with Gasteiger partial charge in [-0.05, 0) is 53.7 Å². The van der Waals surface area contributed by atoms with Crippen LogP contribution in [0.1, 0.15) is 11.1 Å². The van der Waals surface area contributed by atoms with E-state index in [1.165, 1.54) is 0 Å². The molecule has 1 saturated heterocycles. The molecule has 0 bridgehead atoms. The first-order valence-corrected chi connectivity index (χ1v) is 8.96. The van der Waals surface area contributed by atoms with Crippen LogP contribution < -0.4 is 10.1 Å². The highest BCUT2D eigenvalue weighted by atomic mass is 79.9. The maximum absolute atomic E-state index is 11.8. The molecule has 2 N–H and O–H groups in total. The van der Waals surface area contributed by atoms with Gasteiger partial charge >= 0.3 is 0 Å². The SMILES string of the molecule is N=C1NC(=O)C(=Cc2cc(Br)ccc2OCc2ccc(Cl)cc2)S1. The van der Waals surface area contributed by atoms with E-state index < -0.39 is 0 Å². The van der Waals surface area contributed by atoms with Crippen molar-refractivity contribution in [3.8, 4) is 5.75 Å². The van der Waals surface area contributed by atoms with Gasteiger partial charge in [0, 0.05) is 15.1 Å². The Balaban J connectivity index is 1.83. The van der Waals surface area contributed by atoms with Gasteiger partial charge in [0.05, 0.1) is 4.91 Å². The number of hydrogen-bond donors (Lipinski definition) is 2. The third-order valence-corrected chi connectivity index (χ3v) is 4.80. The van der Waals surface area contributed by atoms with Crippen molar-refractivity contribution in [1.29, 1.82) is 5.41 Å². The predicted molar refractivity (Wildman–Crippen MR) is 101 cm³/mol. The van der Waals surface area contributed by atoms with Gasteiger partial charge in [0.2, 0.25) is 0 Å². The highest BCUT2D eigenvalue weighted by molar-refractivity contribution is 9.10. The largest absolute Gasteiger partial charge is 0.488 e. The first-order chi connectivity index (χ1) is 11.5. The molecule has 122 valence electrons. The molecule has 1 fully saturated rings. The first kappa shape index (κ1) is 17.1. The second-order valence-corrected chi connectivity index (χ2v) is 7.40. The van der Waals surface area contributed by atoms with Crippen molar-refractivity contribution in [2.24, 2.45) is 0 Å². The van der Waals surface area contributed by atoms with Crippen LogP contribution >= 0.6 is 39.3 Å². The summed E-state index contributed by atoms with van der Waals surface area (Å²) in [5, 5.41) is 10.8. The normalized spacial score (nSPS) is 15.7. The van der Waals surface area contributed by atoms with Crippen LogP contribution in [0.15, 0.2) is 51.8 Å².